The lowest BCUT2D eigenvalue weighted by Gasteiger charge is -2.23. The summed E-state index contributed by atoms with van der Waals surface area (Å²) in [5, 5.41) is 7.08. The van der Waals surface area contributed by atoms with Crippen LogP contribution in [0.25, 0.3) is 0 Å². The molecular weight excluding hydrogens is 299 g/mol. The lowest BCUT2D eigenvalue weighted by atomic mass is 10.1. The van der Waals surface area contributed by atoms with E-state index in [1.807, 2.05) is 0 Å². The summed E-state index contributed by atoms with van der Waals surface area (Å²) >= 11 is 11.9. The highest BCUT2D eigenvalue weighted by molar-refractivity contribution is 6.42. The van der Waals surface area contributed by atoms with E-state index in [9.17, 15) is 4.79 Å². The van der Waals surface area contributed by atoms with Crippen molar-refractivity contribution < 1.29 is 9.53 Å². The molecule has 2 rings (SSSR count). The van der Waals surface area contributed by atoms with Gasteiger partial charge in [-0.1, -0.05) is 29.3 Å². The second-order valence-electron chi connectivity index (χ2n) is 4.76. The number of hydrogen-bond donors (Lipinski definition) is 2. The van der Waals surface area contributed by atoms with Crippen LogP contribution in [0.3, 0.4) is 0 Å². The SMILES string of the molecule is O=C(CCOc1cccc(Cl)c1Cl)N[C@H]1CCCNC1. The van der Waals surface area contributed by atoms with E-state index in [-0.39, 0.29) is 18.6 Å². The van der Waals surface area contributed by atoms with E-state index in [2.05, 4.69) is 10.6 Å². The first-order valence-electron chi connectivity index (χ1n) is 6.73. The van der Waals surface area contributed by atoms with E-state index in [4.69, 9.17) is 27.9 Å². The van der Waals surface area contributed by atoms with Gasteiger partial charge in [0.05, 0.1) is 18.1 Å². The van der Waals surface area contributed by atoms with Crippen LogP contribution in [-0.4, -0.2) is 31.6 Å². The van der Waals surface area contributed by atoms with Crippen LogP contribution in [0, 0.1) is 0 Å². The van der Waals surface area contributed by atoms with Crippen LogP contribution in [0.5, 0.6) is 5.75 Å². The van der Waals surface area contributed by atoms with Crippen molar-refractivity contribution in [1.29, 1.82) is 0 Å². The van der Waals surface area contributed by atoms with Crippen LogP contribution in [0.1, 0.15) is 19.3 Å². The van der Waals surface area contributed by atoms with Gasteiger partial charge in [0.2, 0.25) is 5.91 Å². The van der Waals surface area contributed by atoms with Gasteiger partial charge >= 0.3 is 0 Å². The zero-order valence-corrected chi connectivity index (χ0v) is 12.6. The third-order valence-corrected chi connectivity index (χ3v) is 3.97. The van der Waals surface area contributed by atoms with Gasteiger partial charge in [-0.2, -0.15) is 0 Å². The van der Waals surface area contributed by atoms with Crippen molar-refractivity contribution in [3.63, 3.8) is 0 Å². The summed E-state index contributed by atoms with van der Waals surface area (Å²) in [4.78, 5) is 11.8. The van der Waals surface area contributed by atoms with Crippen molar-refractivity contribution in [2.24, 2.45) is 0 Å². The second-order valence-corrected chi connectivity index (χ2v) is 5.55. The standard InChI is InChI=1S/C14H18Cl2N2O2/c15-11-4-1-5-12(14(11)16)20-8-6-13(19)18-10-3-2-7-17-9-10/h1,4-5,10,17H,2-3,6-9H2,(H,18,19)/t10-/m0/s1. The van der Waals surface area contributed by atoms with Crippen molar-refractivity contribution in [2.75, 3.05) is 19.7 Å². The third-order valence-electron chi connectivity index (χ3n) is 3.16. The Kier molecular flexibility index (Phi) is 5.95. The molecule has 0 bridgehead atoms. The smallest absolute Gasteiger partial charge is 0.223 e. The fourth-order valence-corrected chi connectivity index (χ4v) is 2.47. The van der Waals surface area contributed by atoms with E-state index in [1.165, 1.54) is 0 Å². The average Bonchev–Trinajstić information content (AvgIpc) is 2.44. The molecule has 1 heterocycles. The number of nitrogens with one attached hydrogen (secondary N) is 2. The van der Waals surface area contributed by atoms with E-state index in [1.54, 1.807) is 18.2 Å². The first-order valence-corrected chi connectivity index (χ1v) is 7.49. The second kappa shape index (κ2) is 7.72. The van der Waals surface area contributed by atoms with Gasteiger partial charge in [0, 0.05) is 12.6 Å². The molecule has 0 aromatic heterocycles. The molecular formula is C14H18Cl2N2O2. The lowest BCUT2D eigenvalue weighted by molar-refractivity contribution is -0.122. The molecule has 1 aromatic rings. The molecule has 1 saturated heterocycles. The molecule has 1 aliphatic rings. The van der Waals surface area contributed by atoms with Gasteiger partial charge in [-0.3, -0.25) is 4.79 Å². The Hall–Kier alpha value is -0.970. The minimum Gasteiger partial charge on any atom is -0.491 e. The number of carbonyl (C=O) groups is 1. The number of ether oxygens (including phenoxy) is 1. The van der Waals surface area contributed by atoms with E-state index >= 15 is 0 Å². The Balaban J connectivity index is 1.72. The first-order chi connectivity index (χ1) is 9.66. The van der Waals surface area contributed by atoms with Gasteiger partial charge in [0.1, 0.15) is 10.8 Å². The van der Waals surface area contributed by atoms with Gasteiger partial charge in [0.15, 0.2) is 0 Å². The monoisotopic (exact) mass is 316 g/mol. The summed E-state index contributed by atoms with van der Waals surface area (Å²) in [5.74, 6) is 0.503. The maximum atomic E-state index is 11.8. The molecule has 1 amide bonds. The van der Waals surface area contributed by atoms with Crippen molar-refractivity contribution >= 4 is 29.1 Å². The minimum absolute atomic E-state index is 0.00292. The maximum Gasteiger partial charge on any atom is 0.223 e. The maximum absolute atomic E-state index is 11.8. The molecule has 0 radical (unpaired) electrons. The summed E-state index contributed by atoms with van der Waals surface area (Å²) in [6, 6.07) is 5.42. The van der Waals surface area contributed by atoms with Crippen molar-refractivity contribution in [2.45, 2.75) is 25.3 Å². The largest absolute Gasteiger partial charge is 0.491 e. The van der Waals surface area contributed by atoms with Crippen LogP contribution in [0.2, 0.25) is 10.0 Å². The van der Waals surface area contributed by atoms with E-state index < -0.39 is 0 Å². The highest BCUT2D eigenvalue weighted by atomic mass is 35.5. The fraction of sp³-hybridized carbons (Fsp3) is 0.500. The molecule has 1 aromatic carbocycles. The summed E-state index contributed by atoms with van der Waals surface area (Å²) in [5.41, 5.74) is 0. The van der Waals surface area contributed by atoms with Gasteiger partial charge in [-0.05, 0) is 31.5 Å². The van der Waals surface area contributed by atoms with Gasteiger partial charge in [-0.15, -0.1) is 0 Å². The molecule has 1 atom stereocenters. The number of amides is 1. The highest BCUT2D eigenvalue weighted by Gasteiger charge is 2.15. The molecule has 0 saturated carbocycles. The van der Waals surface area contributed by atoms with Gasteiger partial charge < -0.3 is 15.4 Å². The van der Waals surface area contributed by atoms with E-state index in [0.29, 0.717) is 22.2 Å². The first kappa shape index (κ1) is 15.4. The molecule has 0 spiro atoms. The minimum atomic E-state index is -0.00292. The normalized spacial score (nSPS) is 18.6. The average molecular weight is 317 g/mol. The quantitative estimate of drug-likeness (QED) is 0.878. The van der Waals surface area contributed by atoms with Crippen LogP contribution in [-0.2, 0) is 4.79 Å². The Morgan fingerprint density at radius 2 is 2.30 bits per heavy atom. The van der Waals surface area contributed by atoms with Crippen LogP contribution < -0.4 is 15.4 Å². The van der Waals surface area contributed by atoms with Crippen LogP contribution in [0.15, 0.2) is 18.2 Å². The van der Waals surface area contributed by atoms with Crippen molar-refractivity contribution in [3.05, 3.63) is 28.2 Å². The van der Waals surface area contributed by atoms with E-state index in [0.717, 1.165) is 25.9 Å². The predicted octanol–water partition coefficient (Wildman–Crippen LogP) is 2.63. The van der Waals surface area contributed by atoms with Crippen LogP contribution in [0.4, 0.5) is 0 Å². The molecule has 1 aliphatic heterocycles. The number of halogens is 2. The summed E-state index contributed by atoms with van der Waals surface area (Å²) in [6.45, 7) is 2.15. The van der Waals surface area contributed by atoms with Gasteiger partial charge in [-0.25, -0.2) is 0 Å². The van der Waals surface area contributed by atoms with Crippen molar-refractivity contribution in [1.82, 2.24) is 10.6 Å². The molecule has 1 fully saturated rings. The topological polar surface area (TPSA) is 50.4 Å². The highest BCUT2D eigenvalue weighted by Crippen LogP contribution is 2.31. The number of piperidine rings is 1. The van der Waals surface area contributed by atoms with Gasteiger partial charge in [0.25, 0.3) is 0 Å². The Labute approximate surface area is 128 Å². The molecule has 0 aliphatic carbocycles. The molecule has 20 heavy (non-hydrogen) atoms. The zero-order valence-electron chi connectivity index (χ0n) is 11.1. The number of hydrogen-bond acceptors (Lipinski definition) is 3. The van der Waals surface area contributed by atoms with Crippen LogP contribution >= 0.6 is 23.2 Å². The zero-order chi connectivity index (χ0) is 14.4. The third kappa shape index (κ3) is 4.54. The Morgan fingerprint density at radius 1 is 1.45 bits per heavy atom. The van der Waals surface area contributed by atoms with Crippen molar-refractivity contribution in [3.8, 4) is 5.75 Å². The fourth-order valence-electron chi connectivity index (χ4n) is 2.12. The number of rotatable bonds is 5. The summed E-state index contributed by atoms with van der Waals surface area (Å²) in [7, 11) is 0. The Morgan fingerprint density at radius 3 is 3.05 bits per heavy atom. The molecule has 6 heteroatoms. The molecule has 110 valence electrons. The molecule has 0 unspecified atom stereocenters. The molecule has 2 N–H and O–H groups in total. The number of carbonyl (C=O) groups excluding carboxylic acids is 1. The Bertz CT molecular complexity index is 462. The number of benzene rings is 1. The summed E-state index contributed by atoms with van der Waals surface area (Å²) in [6.07, 6.45) is 2.43. The lowest BCUT2D eigenvalue weighted by Crippen LogP contribution is -2.45. The molecule has 4 nitrogen and oxygen atoms in total. The summed E-state index contributed by atoms with van der Waals surface area (Å²) < 4.78 is 5.48. The predicted molar refractivity (Wildman–Crippen MR) is 80.6 cm³/mol.